The number of aromatic nitrogens is 1. The number of hydrogen-bond acceptors (Lipinski definition) is 5. The minimum atomic E-state index is -0.260. The van der Waals surface area contributed by atoms with E-state index >= 15 is 0 Å². The third-order valence-electron chi connectivity index (χ3n) is 4.89. The van der Waals surface area contributed by atoms with Crippen molar-refractivity contribution >= 4 is 33.7 Å². The fraction of sp³-hybridized carbons (Fsp3) is 0.217. The molecule has 30 heavy (non-hydrogen) atoms. The molecule has 0 unspecified atom stereocenters. The van der Waals surface area contributed by atoms with Crippen molar-refractivity contribution in [3.8, 4) is 5.75 Å². The van der Waals surface area contributed by atoms with Crippen molar-refractivity contribution in [3.63, 3.8) is 0 Å². The molecule has 0 saturated heterocycles. The van der Waals surface area contributed by atoms with Gasteiger partial charge in [-0.25, -0.2) is 4.79 Å². The number of furan rings is 1. The van der Waals surface area contributed by atoms with Gasteiger partial charge in [-0.05, 0) is 23.8 Å². The Morgan fingerprint density at radius 3 is 2.73 bits per heavy atom. The summed E-state index contributed by atoms with van der Waals surface area (Å²) in [6.45, 7) is 1.28. The minimum Gasteiger partial charge on any atom is -0.495 e. The van der Waals surface area contributed by atoms with Crippen LogP contribution in [0.4, 0.5) is 10.5 Å². The number of urea groups is 1. The Morgan fingerprint density at radius 2 is 1.97 bits per heavy atom. The first-order valence-corrected chi connectivity index (χ1v) is 9.62. The van der Waals surface area contributed by atoms with Crippen molar-refractivity contribution in [1.82, 2.24) is 9.88 Å². The zero-order chi connectivity index (χ0) is 20.9. The Morgan fingerprint density at radius 1 is 1.10 bits per heavy atom. The number of rotatable bonds is 7. The maximum atomic E-state index is 13.1. The standard InChI is InChI=1S/C23H23N3O4/c1-28-11-10-26(15-16-6-5-9-24-14-16)23(27)25-19-13-21-18(12-22(19)29-2)17-7-3-4-8-20(17)30-21/h3-9,12-14H,10-11,15H2,1-2H3,(H,25,27). The van der Waals surface area contributed by atoms with Gasteiger partial charge in [0, 0.05) is 49.4 Å². The SMILES string of the molecule is COCCN(Cc1cccnc1)C(=O)Nc1cc2oc3ccccc3c2cc1OC. The average Bonchev–Trinajstić information content (AvgIpc) is 3.14. The highest BCUT2D eigenvalue weighted by molar-refractivity contribution is 6.07. The first-order valence-electron chi connectivity index (χ1n) is 9.62. The lowest BCUT2D eigenvalue weighted by molar-refractivity contribution is 0.152. The molecule has 0 bridgehead atoms. The lowest BCUT2D eigenvalue weighted by atomic mass is 10.1. The molecule has 2 amide bonds. The maximum absolute atomic E-state index is 13.1. The molecular weight excluding hydrogens is 382 g/mol. The van der Waals surface area contributed by atoms with Gasteiger partial charge in [-0.2, -0.15) is 0 Å². The zero-order valence-electron chi connectivity index (χ0n) is 16.9. The fourth-order valence-corrected chi connectivity index (χ4v) is 3.38. The molecule has 154 valence electrons. The van der Waals surface area contributed by atoms with Crippen molar-refractivity contribution in [2.75, 3.05) is 32.7 Å². The second kappa shape index (κ2) is 8.84. The van der Waals surface area contributed by atoms with Crippen LogP contribution in [0, 0.1) is 0 Å². The maximum Gasteiger partial charge on any atom is 0.322 e. The molecule has 0 fully saturated rings. The van der Waals surface area contributed by atoms with E-state index in [1.807, 2.05) is 42.5 Å². The van der Waals surface area contributed by atoms with Gasteiger partial charge in [-0.15, -0.1) is 0 Å². The topological polar surface area (TPSA) is 76.8 Å². The summed E-state index contributed by atoms with van der Waals surface area (Å²) in [5.41, 5.74) is 2.95. The van der Waals surface area contributed by atoms with Crippen LogP contribution < -0.4 is 10.1 Å². The lowest BCUT2D eigenvalue weighted by Crippen LogP contribution is -2.37. The number of nitrogens with zero attached hydrogens (tertiary/aromatic N) is 2. The van der Waals surface area contributed by atoms with Crippen molar-refractivity contribution in [2.45, 2.75) is 6.54 Å². The van der Waals surface area contributed by atoms with Gasteiger partial charge < -0.3 is 24.1 Å². The number of benzene rings is 2. The molecular formula is C23H23N3O4. The Balaban J connectivity index is 1.63. The van der Waals surface area contributed by atoms with Crippen molar-refractivity contribution in [3.05, 3.63) is 66.5 Å². The van der Waals surface area contributed by atoms with Crippen LogP contribution in [-0.2, 0) is 11.3 Å². The summed E-state index contributed by atoms with van der Waals surface area (Å²) >= 11 is 0. The molecule has 4 aromatic rings. The summed E-state index contributed by atoms with van der Waals surface area (Å²) in [4.78, 5) is 18.8. The second-order valence-corrected chi connectivity index (χ2v) is 6.85. The number of pyridine rings is 1. The van der Waals surface area contributed by atoms with E-state index < -0.39 is 0 Å². The molecule has 7 heteroatoms. The van der Waals surface area contributed by atoms with Crippen molar-refractivity contribution in [2.24, 2.45) is 0 Å². The second-order valence-electron chi connectivity index (χ2n) is 6.85. The van der Waals surface area contributed by atoms with Crippen LogP contribution in [0.15, 0.2) is 65.3 Å². The predicted octanol–water partition coefficient (Wildman–Crippen LogP) is 4.67. The first-order chi connectivity index (χ1) is 14.7. The molecule has 1 N–H and O–H groups in total. The number of anilines is 1. The zero-order valence-corrected chi connectivity index (χ0v) is 16.9. The predicted molar refractivity (Wildman–Crippen MR) is 116 cm³/mol. The molecule has 2 aromatic heterocycles. The van der Waals surface area contributed by atoms with E-state index in [2.05, 4.69) is 10.3 Å². The highest BCUT2D eigenvalue weighted by Gasteiger charge is 2.18. The van der Waals surface area contributed by atoms with E-state index in [1.165, 1.54) is 0 Å². The van der Waals surface area contributed by atoms with Gasteiger partial charge in [0.25, 0.3) is 0 Å². The summed E-state index contributed by atoms with van der Waals surface area (Å²) in [6, 6.07) is 15.0. The summed E-state index contributed by atoms with van der Waals surface area (Å²) in [7, 11) is 3.19. The van der Waals surface area contributed by atoms with Crippen LogP contribution in [0.1, 0.15) is 5.56 Å². The largest absolute Gasteiger partial charge is 0.495 e. The Bertz CT molecular complexity index is 1160. The lowest BCUT2D eigenvalue weighted by Gasteiger charge is -2.23. The summed E-state index contributed by atoms with van der Waals surface area (Å²) in [5.74, 6) is 0.565. The third-order valence-corrected chi connectivity index (χ3v) is 4.89. The minimum absolute atomic E-state index is 0.260. The number of amides is 2. The quantitative estimate of drug-likeness (QED) is 0.483. The molecule has 0 aliphatic rings. The van der Waals surface area contributed by atoms with Crippen LogP contribution in [-0.4, -0.2) is 43.3 Å². The van der Waals surface area contributed by atoms with Crippen LogP contribution in [0.3, 0.4) is 0 Å². The number of carbonyl (C=O) groups is 1. The van der Waals surface area contributed by atoms with Gasteiger partial charge in [0.05, 0.1) is 19.4 Å². The number of fused-ring (bicyclic) bond motifs is 3. The fourth-order valence-electron chi connectivity index (χ4n) is 3.38. The molecule has 0 aliphatic heterocycles. The van der Waals surface area contributed by atoms with Crippen LogP contribution in [0.2, 0.25) is 0 Å². The highest BCUT2D eigenvalue weighted by Crippen LogP contribution is 2.36. The van der Waals surface area contributed by atoms with Crippen LogP contribution >= 0.6 is 0 Å². The van der Waals surface area contributed by atoms with Crippen molar-refractivity contribution < 1.29 is 18.7 Å². The first kappa shape index (κ1) is 19.7. The number of carbonyl (C=O) groups excluding carboxylic acids is 1. The molecule has 2 heterocycles. The van der Waals surface area contributed by atoms with Gasteiger partial charge in [-0.1, -0.05) is 24.3 Å². The van der Waals surface area contributed by atoms with Gasteiger partial charge in [-0.3, -0.25) is 4.98 Å². The monoisotopic (exact) mass is 405 g/mol. The normalized spacial score (nSPS) is 11.0. The molecule has 4 rings (SSSR count). The van der Waals surface area contributed by atoms with Crippen LogP contribution in [0.25, 0.3) is 21.9 Å². The van der Waals surface area contributed by atoms with Gasteiger partial charge in [0.1, 0.15) is 16.9 Å². The highest BCUT2D eigenvalue weighted by atomic mass is 16.5. The number of nitrogens with one attached hydrogen (secondary N) is 1. The van der Waals surface area contributed by atoms with Gasteiger partial charge in [0.2, 0.25) is 0 Å². The summed E-state index contributed by atoms with van der Waals surface area (Å²) in [5, 5.41) is 4.89. The summed E-state index contributed by atoms with van der Waals surface area (Å²) in [6.07, 6.45) is 3.45. The number of hydrogen-bond donors (Lipinski definition) is 1. The molecule has 2 aromatic carbocycles. The van der Waals surface area contributed by atoms with E-state index in [9.17, 15) is 4.79 Å². The van der Waals surface area contributed by atoms with Crippen LogP contribution in [0.5, 0.6) is 5.75 Å². The Kier molecular flexibility index (Phi) is 5.81. The molecule has 7 nitrogen and oxygen atoms in total. The summed E-state index contributed by atoms with van der Waals surface area (Å²) < 4.78 is 16.7. The average molecular weight is 405 g/mol. The van der Waals surface area contributed by atoms with Gasteiger partial charge >= 0.3 is 6.03 Å². The number of methoxy groups -OCH3 is 2. The Labute approximate surface area is 174 Å². The molecule has 0 spiro atoms. The number of para-hydroxylation sites is 1. The molecule has 0 radical (unpaired) electrons. The van der Waals surface area contributed by atoms with E-state index in [0.717, 1.165) is 21.9 Å². The van der Waals surface area contributed by atoms with E-state index in [4.69, 9.17) is 13.9 Å². The molecule has 0 atom stereocenters. The van der Waals surface area contributed by atoms with Gasteiger partial charge in [0.15, 0.2) is 0 Å². The number of ether oxygens (including phenoxy) is 2. The van der Waals surface area contributed by atoms with E-state index in [1.54, 1.807) is 37.6 Å². The Hall–Kier alpha value is -3.58. The third kappa shape index (κ3) is 4.06. The smallest absolute Gasteiger partial charge is 0.322 e. The van der Waals surface area contributed by atoms with E-state index in [-0.39, 0.29) is 6.03 Å². The van der Waals surface area contributed by atoms with E-state index in [0.29, 0.717) is 36.7 Å². The molecule has 0 aliphatic carbocycles. The molecule has 0 saturated carbocycles. The van der Waals surface area contributed by atoms with Crippen molar-refractivity contribution in [1.29, 1.82) is 0 Å².